The van der Waals surface area contributed by atoms with Gasteiger partial charge in [0.1, 0.15) is 5.82 Å². The van der Waals surface area contributed by atoms with Crippen LogP contribution in [-0.4, -0.2) is 21.4 Å². The predicted molar refractivity (Wildman–Crippen MR) is 65.4 cm³/mol. The van der Waals surface area contributed by atoms with E-state index >= 15 is 0 Å². The zero-order chi connectivity index (χ0) is 11.5. The number of rotatable bonds is 5. The summed E-state index contributed by atoms with van der Waals surface area (Å²) >= 11 is 1.42. The number of nitrogens with two attached hydrogens (primary N) is 1. The first-order chi connectivity index (χ1) is 6.94. The van der Waals surface area contributed by atoms with E-state index in [9.17, 15) is 0 Å². The molecule has 1 aromatic rings. The summed E-state index contributed by atoms with van der Waals surface area (Å²) in [5, 5.41) is 4.25. The Hall–Kier alpha value is -0.680. The van der Waals surface area contributed by atoms with Crippen LogP contribution in [-0.2, 0) is 0 Å². The summed E-state index contributed by atoms with van der Waals surface area (Å²) in [6.45, 7) is 9.11. The standard InChI is InChI=1S/C10H20N4S/c1-7(2)8-12-9(15-14-8)13-10(3,4)5-6-11/h7H,5-6,11H2,1-4H3,(H,12,13,14). The number of nitrogens with zero attached hydrogens (tertiary/aromatic N) is 2. The lowest BCUT2D eigenvalue weighted by Crippen LogP contribution is -2.33. The van der Waals surface area contributed by atoms with Crippen LogP contribution in [0.1, 0.15) is 45.9 Å². The van der Waals surface area contributed by atoms with Crippen LogP contribution in [0.15, 0.2) is 0 Å². The van der Waals surface area contributed by atoms with Crippen molar-refractivity contribution in [3.63, 3.8) is 0 Å². The van der Waals surface area contributed by atoms with Gasteiger partial charge in [0.15, 0.2) is 0 Å². The van der Waals surface area contributed by atoms with Gasteiger partial charge in [0.25, 0.3) is 0 Å². The van der Waals surface area contributed by atoms with Gasteiger partial charge in [0.05, 0.1) is 0 Å². The first-order valence-corrected chi connectivity index (χ1v) is 6.04. The second kappa shape index (κ2) is 4.90. The van der Waals surface area contributed by atoms with E-state index in [0.29, 0.717) is 12.5 Å². The molecule has 0 unspecified atom stereocenters. The lowest BCUT2D eigenvalue weighted by Gasteiger charge is -2.24. The highest BCUT2D eigenvalue weighted by Gasteiger charge is 2.18. The molecule has 0 spiro atoms. The maximum absolute atomic E-state index is 5.55. The van der Waals surface area contributed by atoms with Gasteiger partial charge in [-0.25, -0.2) is 4.98 Å². The Bertz CT molecular complexity index is 306. The van der Waals surface area contributed by atoms with Crippen molar-refractivity contribution in [3.8, 4) is 0 Å². The number of hydrogen-bond acceptors (Lipinski definition) is 5. The van der Waals surface area contributed by atoms with E-state index in [2.05, 4.69) is 42.4 Å². The Labute approximate surface area is 95.5 Å². The fourth-order valence-electron chi connectivity index (χ4n) is 1.23. The summed E-state index contributed by atoms with van der Waals surface area (Å²) in [6, 6.07) is 0. The fourth-order valence-corrected chi connectivity index (χ4v) is 2.12. The molecule has 86 valence electrons. The van der Waals surface area contributed by atoms with Crippen molar-refractivity contribution >= 4 is 16.7 Å². The van der Waals surface area contributed by atoms with E-state index < -0.39 is 0 Å². The van der Waals surface area contributed by atoms with E-state index in [1.54, 1.807) is 0 Å². The van der Waals surface area contributed by atoms with Gasteiger partial charge < -0.3 is 11.1 Å². The minimum Gasteiger partial charge on any atom is -0.355 e. The van der Waals surface area contributed by atoms with Gasteiger partial charge in [-0.1, -0.05) is 13.8 Å². The quantitative estimate of drug-likeness (QED) is 0.811. The lowest BCUT2D eigenvalue weighted by molar-refractivity contribution is 0.526. The summed E-state index contributed by atoms with van der Waals surface area (Å²) < 4.78 is 4.30. The number of hydrogen-bond donors (Lipinski definition) is 2. The van der Waals surface area contributed by atoms with Gasteiger partial charge in [-0.05, 0) is 26.8 Å². The lowest BCUT2D eigenvalue weighted by atomic mass is 10.0. The molecule has 1 aromatic heterocycles. The van der Waals surface area contributed by atoms with E-state index in [-0.39, 0.29) is 5.54 Å². The molecule has 5 heteroatoms. The summed E-state index contributed by atoms with van der Waals surface area (Å²) in [5.74, 6) is 1.29. The first-order valence-electron chi connectivity index (χ1n) is 5.26. The largest absolute Gasteiger partial charge is 0.355 e. The minimum absolute atomic E-state index is 0.0114. The highest BCUT2D eigenvalue weighted by molar-refractivity contribution is 7.09. The van der Waals surface area contributed by atoms with Crippen molar-refractivity contribution in [2.75, 3.05) is 11.9 Å². The topological polar surface area (TPSA) is 63.8 Å². The molecular formula is C10H20N4S. The Morgan fingerprint density at radius 2 is 2.13 bits per heavy atom. The molecule has 0 fully saturated rings. The van der Waals surface area contributed by atoms with Gasteiger partial charge in [0.2, 0.25) is 5.13 Å². The van der Waals surface area contributed by atoms with Crippen LogP contribution >= 0.6 is 11.5 Å². The molecule has 0 saturated heterocycles. The van der Waals surface area contributed by atoms with Gasteiger partial charge >= 0.3 is 0 Å². The van der Waals surface area contributed by atoms with Crippen LogP contribution < -0.4 is 11.1 Å². The van der Waals surface area contributed by atoms with Crippen molar-refractivity contribution < 1.29 is 0 Å². The van der Waals surface area contributed by atoms with Crippen LogP contribution in [0.3, 0.4) is 0 Å². The number of anilines is 1. The average Bonchev–Trinajstić information content (AvgIpc) is 2.51. The molecule has 0 bridgehead atoms. The molecule has 0 atom stereocenters. The smallest absolute Gasteiger partial charge is 0.202 e. The molecule has 1 heterocycles. The summed E-state index contributed by atoms with van der Waals surface area (Å²) in [5.41, 5.74) is 5.54. The average molecular weight is 228 g/mol. The van der Waals surface area contributed by atoms with Gasteiger partial charge in [-0.2, -0.15) is 4.37 Å². The highest BCUT2D eigenvalue weighted by atomic mass is 32.1. The monoisotopic (exact) mass is 228 g/mol. The molecule has 0 aliphatic heterocycles. The summed E-state index contributed by atoms with van der Waals surface area (Å²) in [6.07, 6.45) is 0.920. The Balaban J connectivity index is 2.64. The van der Waals surface area contributed by atoms with Crippen molar-refractivity contribution in [3.05, 3.63) is 5.82 Å². The number of aromatic nitrogens is 2. The molecule has 3 N–H and O–H groups in total. The van der Waals surface area contributed by atoms with Crippen LogP contribution in [0, 0.1) is 0 Å². The van der Waals surface area contributed by atoms with Crippen molar-refractivity contribution in [2.45, 2.75) is 45.6 Å². The zero-order valence-corrected chi connectivity index (χ0v) is 10.7. The maximum Gasteiger partial charge on any atom is 0.202 e. The van der Waals surface area contributed by atoms with Crippen molar-refractivity contribution in [1.82, 2.24) is 9.36 Å². The van der Waals surface area contributed by atoms with E-state index in [1.165, 1.54) is 11.5 Å². The minimum atomic E-state index is -0.0114. The second-order valence-electron chi connectivity index (χ2n) is 4.66. The molecular weight excluding hydrogens is 208 g/mol. The molecule has 0 aromatic carbocycles. The third-order valence-electron chi connectivity index (χ3n) is 2.17. The van der Waals surface area contributed by atoms with E-state index in [4.69, 9.17) is 5.73 Å². The molecule has 0 saturated carbocycles. The highest BCUT2D eigenvalue weighted by Crippen LogP contribution is 2.22. The van der Waals surface area contributed by atoms with Crippen molar-refractivity contribution in [1.29, 1.82) is 0 Å². The van der Waals surface area contributed by atoms with Gasteiger partial charge in [-0.15, -0.1) is 0 Å². The normalized spacial score (nSPS) is 12.1. The first kappa shape index (κ1) is 12.4. The van der Waals surface area contributed by atoms with Gasteiger partial charge in [-0.3, -0.25) is 0 Å². The zero-order valence-electron chi connectivity index (χ0n) is 9.87. The molecule has 0 amide bonds. The molecule has 0 aliphatic carbocycles. The molecule has 1 rings (SSSR count). The Morgan fingerprint density at radius 1 is 1.47 bits per heavy atom. The SMILES string of the molecule is CC(C)c1nsc(NC(C)(C)CCN)n1. The Morgan fingerprint density at radius 3 is 2.60 bits per heavy atom. The third kappa shape index (κ3) is 3.76. The maximum atomic E-state index is 5.55. The van der Waals surface area contributed by atoms with Gasteiger partial charge in [0, 0.05) is 23.0 Å². The molecule has 15 heavy (non-hydrogen) atoms. The van der Waals surface area contributed by atoms with Crippen LogP contribution in [0.5, 0.6) is 0 Å². The van der Waals surface area contributed by atoms with Crippen LogP contribution in [0.25, 0.3) is 0 Å². The van der Waals surface area contributed by atoms with E-state index in [0.717, 1.165) is 17.4 Å². The predicted octanol–water partition coefficient (Wildman–Crippen LogP) is 2.20. The third-order valence-corrected chi connectivity index (χ3v) is 2.82. The molecule has 4 nitrogen and oxygen atoms in total. The second-order valence-corrected chi connectivity index (χ2v) is 5.41. The molecule has 0 radical (unpaired) electrons. The van der Waals surface area contributed by atoms with Crippen LogP contribution in [0.4, 0.5) is 5.13 Å². The molecule has 0 aliphatic rings. The summed E-state index contributed by atoms with van der Waals surface area (Å²) in [4.78, 5) is 4.43. The van der Waals surface area contributed by atoms with E-state index in [1.807, 2.05) is 0 Å². The fraction of sp³-hybridized carbons (Fsp3) is 0.800. The summed E-state index contributed by atoms with van der Waals surface area (Å²) in [7, 11) is 0. The van der Waals surface area contributed by atoms with Crippen molar-refractivity contribution in [2.24, 2.45) is 5.73 Å². The Kier molecular flexibility index (Phi) is 4.04. The van der Waals surface area contributed by atoms with Crippen LogP contribution in [0.2, 0.25) is 0 Å². The number of nitrogens with one attached hydrogen (secondary N) is 1.